The van der Waals surface area contributed by atoms with Crippen molar-refractivity contribution in [2.45, 2.75) is 51.2 Å². The number of hydrogen-bond acceptors (Lipinski definition) is 4. The highest BCUT2D eigenvalue weighted by Crippen LogP contribution is 2.33. The first-order chi connectivity index (χ1) is 11.3. The van der Waals surface area contributed by atoms with E-state index in [1.165, 1.54) is 0 Å². The van der Waals surface area contributed by atoms with Crippen LogP contribution in [0.3, 0.4) is 0 Å². The number of para-hydroxylation sites is 1. The minimum Gasteiger partial charge on any atom is -0.493 e. The molecule has 1 aliphatic rings. The van der Waals surface area contributed by atoms with E-state index in [1.807, 2.05) is 45.0 Å². The van der Waals surface area contributed by atoms with Crippen molar-refractivity contribution in [3.8, 4) is 5.75 Å². The van der Waals surface area contributed by atoms with E-state index in [4.69, 9.17) is 9.47 Å². The molecule has 2 unspecified atom stereocenters. The molecule has 2 N–H and O–H groups in total. The molecule has 0 fully saturated rings. The topological polar surface area (TPSA) is 84.9 Å². The van der Waals surface area contributed by atoms with E-state index in [-0.39, 0.29) is 30.5 Å². The fourth-order valence-corrected chi connectivity index (χ4v) is 2.63. The van der Waals surface area contributed by atoms with E-state index in [0.29, 0.717) is 18.8 Å². The van der Waals surface area contributed by atoms with Crippen LogP contribution in [0.25, 0.3) is 0 Å². The van der Waals surface area contributed by atoms with E-state index in [0.717, 1.165) is 5.56 Å². The first kappa shape index (κ1) is 18.3. The minimum atomic E-state index is -1.05. The van der Waals surface area contributed by atoms with E-state index in [2.05, 4.69) is 5.32 Å². The van der Waals surface area contributed by atoms with Gasteiger partial charge in [0.05, 0.1) is 18.1 Å². The van der Waals surface area contributed by atoms with Crippen molar-refractivity contribution < 1.29 is 24.2 Å². The number of benzene rings is 1. The summed E-state index contributed by atoms with van der Waals surface area (Å²) in [6.07, 6.45) is 0.761. The summed E-state index contributed by atoms with van der Waals surface area (Å²) in [5, 5.41) is 12.0. The van der Waals surface area contributed by atoms with Crippen LogP contribution in [-0.2, 0) is 14.3 Å². The maximum absolute atomic E-state index is 12.6. The van der Waals surface area contributed by atoms with E-state index in [9.17, 15) is 14.7 Å². The molecule has 1 aromatic carbocycles. The number of amides is 1. The van der Waals surface area contributed by atoms with Gasteiger partial charge in [0.15, 0.2) is 0 Å². The van der Waals surface area contributed by atoms with Crippen molar-refractivity contribution in [1.82, 2.24) is 5.32 Å². The Kier molecular flexibility index (Phi) is 5.83. The van der Waals surface area contributed by atoms with Gasteiger partial charge in [-0.05, 0) is 33.3 Å². The lowest BCUT2D eigenvalue weighted by Crippen LogP contribution is -2.44. The fourth-order valence-electron chi connectivity index (χ4n) is 2.63. The van der Waals surface area contributed by atoms with Crippen molar-refractivity contribution in [1.29, 1.82) is 0 Å². The predicted octanol–water partition coefficient (Wildman–Crippen LogP) is 2.33. The number of aliphatic carboxylic acids is 1. The minimum absolute atomic E-state index is 0.225. The third-order valence-corrected chi connectivity index (χ3v) is 3.83. The highest BCUT2D eigenvalue weighted by Gasteiger charge is 2.30. The maximum Gasteiger partial charge on any atom is 0.326 e. The monoisotopic (exact) mass is 335 g/mol. The number of carboxylic acids is 1. The summed E-state index contributed by atoms with van der Waals surface area (Å²) in [5.41, 5.74) is 0.462. The molecule has 24 heavy (non-hydrogen) atoms. The SMILES string of the molecule is CC(C)(C)OCCC(NC(=O)C1CCOc2ccccc21)C(=O)O. The van der Waals surface area contributed by atoms with Crippen LogP contribution in [0, 0.1) is 0 Å². The van der Waals surface area contributed by atoms with Crippen LogP contribution in [-0.4, -0.2) is 41.8 Å². The Bertz CT molecular complexity index is 593. The standard InChI is InChI=1S/C18H25NO5/c1-18(2,3)24-11-9-14(17(21)22)19-16(20)13-8-10-23-15-7-5-4-6-12(13)15/h4-7,13-14H,8-11H2,1-3H3,(H,19,20)(H,21,22). The van der Waals surface area contributed by atoms with Crippen LogP contribution in [0.1, 0.15) is 45.1 Å². The van der Waals surface area contributed by atoms with Gasteiger partial charge in [0.25, 0.3) is 0 Å². The Morgan fingerprint density at radius 2 is 2.08 bits per heavy atom. The zero-order valence-corrected chi connectivity index (χ0v) is 14.4. The van der Waals surface area contributed by atoms with Crippen molar-refractivity contribution >= 4 is 11.9 Å². The molecule has 1 aromatic rings. The van der Waals surface area contributed by atoms with Crippen molar-refractivity contribution in [2.24, 2.45) is 0 Å². The number of carboxylic acid groups (broad SMARTS) is 1. The van der Waals surface area contributed by atoms with Crippen LogP contribution in [0.15, 0.2) is 24.3 Å². The number of fused-ring (bicyclic) bond motifs is 1. The summed E-state index contributed by atoms with van der Waals surface area (Å²) >= 11 is 0. The summed E-state index contributed by atoms with van der Waals surface area (Å²) in [6, 6.07) is 6.40. The Hall–Kier alpha value is -2.08. The molecule has 6 nitrogen and oxygen atoms in total. The molecule has 0 aromatic heterocycles. The van der Waals surface area contributed by atoms with Crippen LogP contribution in [0.5, 0.6) is 5.75 Å². The van der Waals surface area contributed by atoms with Gasteiger partial charge in [-0.3, -0.25) is 4.79 Å². The molecule has 6 heteroatoms. The second-order valence-electron chi connectivity index (χ2n) is 6.88. The number of carbonyl (C=O) groups is 2. The Balaban J connectivity index is 2.00. The molecule has 2 atom stereocenters. The van der Waals surface area contributed by atoms with Gasteiger partial charge >= 0.3 is 5.97 Å². The second-order valence-corrected chi connectivity index (χ2v) is 6.88. The van der Waals surface area contributed by atoms with Crippen LogP contribution >= 0.6 is 0 Å². The molecule has 2 rings (SSSR count). The molecule has 1 heterocycles. The number of carbonyl (C=O) groups excluding carboxylic acids is 1. The molecular weight excluding hydrogens is 310 g/mol. The van der Waals surface area contributed by atoms with Gasteiger partial charge in [0, 0.05) is 18.6 Å². The fraction of sp³-hybridized carbons (Fsp3) is 0.556. The zero-order chi connectivity index (χ0) is 17.7. The molecule has 1 amide bonds. The predicted molar refractivity (Wildman–Crippen MR) is 89.2 cm³/mol. The molecule has 0 radical (unpaired) electrons. The van der Waals surface area contributed by atoms with Crippen molar-refractivity contribution in [3.05, 3.63) is 29.8 Å². The smallest absolute Gasteiger partial charge is 0.326 e. The van der Waals surface area contributed by atoms with Gasteiger partial charge < -0.3 is 19.9 Å². The maximum atomic E-state index is 12.6. The third kappa shape index (κ3) is 4.96. The average Bonchev–Trinajstić information content (AvgIpc) is 2.52. The largest absolute Gasteiger partial charge is 0.493 e. The lowest BCUT2D eigenvalue weighted by molar-refractivity contribution is -0.143. The van der Waals surface area contributed by atoms with Gasteiger partial charge in [-0.15, -0.1) is 0 Å². The molecule has 0 aliphatic carbocycles. The number of ether oxygens (including phenoxy) is 2. The van der Waals surface area contributed by atoms with Gasteiger partial charge in [-0.25, -0.2) is 4.79 Å². The summed E-state index contributed by atoms with van der Waals surface area (Å²) in [6.45, 7) is 6.42. The van der Waals surface area contributed by atoms with Crippen LogP contribution in [0.2, 0.25) is 0 Å². The first-order valence-electron chi connectivity index (χ1n) is 8.17. The molecular formula is C18H25NO5. The van der Waals surface area contributed by atoms with Crippen LogP contribution in [0.4, 0.5) is 0 Å². The van der Waals surface area contributed by atoms with Gasteiger partial charge in [-0.2, -0.15) is 0 Å². The number of rotatable bonds is 6. The molecule has 0 spiro atoms. The molecule has 0 saturated heterocycles. The molecule has 132 valence electrons. The van der Waals surface area contributed by atoms with Gasteiger partial charge in [-0.1, -0.05) is 18.2 Å². The molecule has 1 aliphatic heterocycles. The zero-order valence-electron chi connectivity index (χ0n) is 14.4. The van der Waals surface area contributed by atoms with E-state index >= 15 is 0 Å². The summed E-state index contributed by atoms with van der Waals surface area (Å²) in [5.74, 6) is -1.04. The third-order valence-electron chi connectivity index (χ3n) is 3.83. The summed E-state index contributed by atoms with van der Waals surface area (Å²) in [4.78, 5) is 24.0. The molecule has 0 bridgehead atoms. The van der Waals surface area contributed by atoms with Gasteiger partial charge in [0.1, 0.15) is 11.8 Å². The second kappa shape index (κ2) is 7.66. The Morgan fingerprint density at radius 3 is 2.75 bits per heavy atom. The lowest BCUT2D eigenvalue weighted by Gasteiger charge is -2.27. The Labute approximate surface area is 142 Å². The molecule has 0 saturated carbocycles. The number of nitrogens with one attached hydrogen (secondary N) is 1. The Morgan fingerprint density at radius 1 is 1.38 bits per heavy atom. The van der Waals surface area contributed by atoms with E-state index < -0.39 is 12.0 Å². The van der Waals surface area contributed by atoms with E-state index in [1.54, 1.807) is 0 Å². The highest BCUT2D eigenvalue weighted by molar-refractivity contribution is 5.88. The average molecular weight is 335 g/mol. The quantitative estimate of drug-likeness (QED) is 0.833. The van der Waals surface area contributed by atoms with Crippen LogP contribution < -0.4 is 10.1 Å². The van der Waals surface area contributed by atoms with Crippen molar-refractivity contribution in [2.75, 3.05) is 13.2 Å². The normalized spacial score (nSPS) is 18.2. The number of hydrogen-bond donors (Lipinski definition) is 2. The summed E-state index contributed by atoms with van der Waals surface area (Å²) < 4.78 is 11.1. The van der Waals surface area contributed by atoms with Crippen molar-refractivity contribution in [3.63, 3.8) is 0 Å². The first-order valence-corrected chi connectivity index (χ1v) is 8.17. The summed E-state index contributed by atoms with van der Waals surface area (Å²) in [7, 11) is 0. The van der Waals surface area contributed by atoms with Gasteiger partial charge in [0.2, 0.25) is 5.91 Å². The lowest BCUT2D eigenvalue weighted by atomic mass is 9.92. The highest BCUT2D eigenvalue weighted by atomic mass is 16.5.